The molecule has 6 nitrogen and oxygen atoms in total. The molecule has 22 heavy (non-hydrogen) atoms. The lowest BCUT2D eigenvalue weighted by molar-refractivity contribution is 0.486. The lowest BCUT2D eigenvalue weighted by Crippen LogP contribution is -2.11. The van der Waals surface area contributed by atoms with Gasteiger partial charge in [-0.05, 0) is 37.3 Å². The molecule has 0 amide bonds. The van der Waals surface area contributed by atoms with E-state index in [1.165, 1.54) is 36.7 Å². The molecular formula is C15H12N2O4S. The maximum absolute atomic E-state index is 12.2. The molecule has 1 N–H and O–H groups in total. The van der Waals surface area contributed by atoms with Gasteiger partial charge in [-0.25, -0.2) is 4.98 Å². The van der Waals surface area contributed by atoms with Crippen LogP contribution in [0, 0.1) is 6.92 Å². The molecule has 0 fully saturated rings. The van der Waals surface area contributed by atoms with Crippen molar-refractivity contribution in [2.24, 2.45) is 0 Å². The molecule has 0 bridgehead atoms. The Balaban J connectivity index is 2.00. The van der Waals surface area contributed by atoms with Crippen LogP contribution in [-0.4, -0.2) is 18.4 Å². The highest BCUT2D eigenvalue weighted by atomic mass is 32.2. The van der Waals surface area contributed by atoms with Crippen LogP contribution in [0.25, 0.3) is 10.9 Å². The SMILES string of the molecule is Cc1ccc(S(=O)(=O)Oc2ccc3nc[nH]c(=O)c3c2)cc1. The molecule has 3 aromatic rings. The molecule has 2 aromatic carbocycles. The Morgan fingerprint density at radius 2 is 1.82 bits per heavy atom. The van der Waals surface area contributed by atoms with E-state index in [2.05, 4.69) is 9.97 Å². The highest BCUT2D eigenvalue weighted by Crippen LogP contribution is 2.21. The third kappa shape index (κ3) is 2.71. The van der Waals surface area contributed by atoms with E-state index in [9.17, 15) is 13.2 Å². The average molecular weight is 316 g/mol. The maximum atomic E-state index is 12.2. The minimum atomic E-state index is -3.94. The number of aromatic nitrogens is 2. The van der Waals surface area contributed by atoms with Gasteiger partial charge in [0.15, 0.2) is 0 Å². The Morgan fingerprint density at radius 3 is 2.55 bits per heavy atom. The largest absolute Gasteiger partial charge is 0.379 e. The van der Waals surface area contributed by atoms with E-state index in [-0.39, 0.29) is 21.6 Å². The zero-order chi connectivity index (χ0) is 15.7. The number of rotatable bonds is 3. The predicted molar refractivity (Wildman–Crippen MR) is 81.4 cm³/mol. The van der Waals surface area contributed by atoms with Gasteiger partial charge in [0.05, 0.1) is 17.2 Å². The third-order valence-electron chi connectivity index (χ3n) is 3.13. The summed E-state index contributed by atoms with van der Waals surface area (Å²) in [5.74, 6) is 0.0616. The smallest absolute Gasteiger partial charge is 0.339 e. The summed E-state index contributed by atoms with van der Waals surface area (Å²) >= 11 is 0. The van der Waals surface area contributed by atoms with Crippen molar-refractivity contribution in [3.63, 3.8) is 0 Å². The van der Waals surface area contributed by atoms with E-state index in [0.717, 1.165) is 5.56 Å². The monoisotopic (exact) mass is 316 g/mol. The summed E-state index contributed by atoms with van der Waals surface area (Å²) < 4.78 is 29.5. The van der Waals surface area contributed by atoms with Crippen molar-refractivity contribution in [1.29, 1.82) is 0 Å². The first-order valence-electron chi connectivity index (χ1n) is 6.44. The van der Waals surface area contributed by atoms with Gasteiger partial charge in [0.2, 0.25) is 0 Å². The number of hydrogen-bond donors (Lipinski definition) is 1. The summed E-state index contributed by atoms with van der Waals surface area (Å²) in [6.07, 6.45) is 1.29. The fraction of sp³-hybridized carbons (Fsp3) is 0.0667. The van der Waals surface area contributed by atoms with Gasteiger partial charge in [0.25, 0.3) is 5.56 Å². The number of aryl methyl sites for hydroxylation is 1. The first kappa shape index (κ1) is 14.3. The molecular weight excluding hydrogens is 304 g/mol. The van der Waals surface area contributed by atoms with Crippen molar-refractivity contribution in [3.05, 3.63) is 64.7 Å². The van der Waals surface area contributed by atoms with Crippen LogP contribution in [0.3, 0.4) is 0 Å². The van der Waals surface area contributed by atoms with E-state index in [4.69, 9.17) is 4.18 Å². The topological polar surface area (TPSA) is 89.1 Å². The standard InChI is InChI=1S/C15H12N2O4S/c1-10-2-5-12(6-3-10)22(19,20)21-11-4-7-14-13(8-11)15(18)17-9-16-14/h2-9H,1H3,(H,16,17,18). The summed E-state index contributed by atoms with van der Waals surface area (Å²) in [6, 6.07) is 10.7. The molecule has 112 valence electrons. The summed E-state index contributed by atoms with van der Waals surface area (Å²) in [5.41, 5.74) is 1.05. The van der Waals surface area contributed by atoms with Crippen molar-refractivity contribution in [2.75, 3.05) is 0 Å². The van der Waals surface area contributed by atoms with Crippen LogP contribution in [0.5, 0.6) is 5.75 Å². The van der Waals surface area contributed by atoms with Crippen molar-refractivity contribution in [2.45, 2.75) is 11.8 Å². The highest BCUT2D eigenvalue weighted by molar-refractivity contribution is 7.87. The molecule has 0 spiro atoms. The normalized spacial score (nSPS) is 11.5. The molecule has 1 heterocycles. The molecule has 3 rings (SSSR count). The van der Waals surface area contributed by atoms with Gasteiger partial charge >= 0.3 is 10.1 Å². The van der Waals surface area contributed by atoms with Crippen LogP contribution >= 0.6 is 0 Å². The Hall–Kier alpha value is -2.67. The first-order chi connectivity index (χ1) is 10.5. The number of hydrogen-bond acceptors (Lipinski definition) is 5. The molecule has 7 heteroatoms. The van der Waals surface area contributed by atoms with Gasteiger partial charge in [-0.2, -0.15) is 8.42 Å². The number of fused-ring (bicyclic) bond motifs is 1. The number of nitrogens with one attached hydrogen (secondary N) is 1. The lowest BCUT2D eigenvalue weighted by atomic mass is 10.2. The van der Waals surface area contributed by atoms with Crippen LogP contribution in [0.15, 0.2) is 58.5 Å². The van der Waals surface area contributed by atoms with Gasteiger partial charge in [0, 0.05) is 0 Å². The van der Waals surface area contributed by atoms with E-state index in [1.807, 2.05) is 6.92 Å². The van der Waals surface area contributed by atoms with Crippen molar-refractivity contribution in [1.82, 2.24) is 9.97 Å². The second kappa shape index (κ2) is 5.27. The fourth-order valence-corrected chi connectivity index (χ4v) is 2.90. The number of H-pyrrole nitrogens is 1. The summed E-state index contributed by atoms with van der Waals surface area (Å²) in [4.78, 5) is 18.2. The molecule has 0 atom stereocenters. The molecule has 0 radical (unpaired) electrons. The predicted octanol–water partition coefficient (Wildman–Crippen LogP) is 2.00. The van der Waals surface area contributed by atoms with Gasteiger partial charge in [-0.3, -0.25) is 4.79 Å². The zero-order valence-corrected chi connectivity index (χ0v) is 12.4. The maximum Gasteiger partial charge on any atom is 0.339 e. The van der Waals surface area contributed by atoms with E-state index < -0.39 is 10.1 Å². The molecule has 0 aliphatic rings. The van der Waals surface area contributed by atoms with Crippen LogP contribution in [0.1, 0.15) is 5.56 Å². The quantitative estimate of drug-likeness (QED) is 0.747. The zero-order valence-electron chi connectivity index (χ0n) is 11.6. The molecule has 0 aliphatic heterocycles. The van der Waals surface area contributed by atoms with Gasteiger partial charge in [0.1, 0.15) is 10.6 Å². The second-order valence-corrected chi connectivity index (χ2v) is 6.31. The second-order valence-electron chi connectivity index (χ2n) is 4.76. The molecule has 0 unspecified atom stereocenters. The number of aromatic amines is 1. The van der Waals surface area contributed by atoms with Crippen LogP contribution in [0.4, 0.5) is 0 Å². The average Bonchev–Trinajstić information content (AvgIpc) is 2.48. The number of benzene rings is 2. The van der Waals surface area contributed by atoms with E-state index in [1.54, 1.807) is 12.1 Å². The van der Waals surface area contributed by atoms with Gasteiger partial charge in [-0.1, -0.05) is 17.7 Å². The Bertz CT molecular complexity index is 992. The van der Waals surface area contributed by atoms with E-state index in [0.29, 0.717) is 5.52 Å². The first-order valence-corrected chi connectivity index (χ1v) is 7.85. The Labute approximate surface area is 126 Å². The van der Waals surface area contributed by atoms with Gasteiger partial charge < -0.3 is 9.17 Å². The van der Waals surface area contributed by atoms with Gasteiger partial charge in [-0.15, -0.1) is 0 Å². The minimum Gasteiger partial charge on any atom is -0.379 e. The van der Waals surface area contributed by atoms with Crippen molar-refractivity contribution < 1.29 is 12.6 Å². The highest BCUT2D eigenvalue weighted by Gasteiger charge is 2.16. The minimum absolute atomic E-state index is 0.0540. The van der Waals surface area contributed by atoms with Crippen molar-refractivity contribution in [3.8, 4) is 5.75 Å². The molecule has 1 aromatic heterocycles. The fourth-order valence-electron chi connectivity index (χ4n) is 1.98. The summed E-state index contributed by atoms with van der Waals surface area (Å²) in [7, 11) is -3.94. The molecule has 0 saturated carbocycles. The summed E-state index contributed by atoms with van der Waals surface area (Å²) in [6.45, 7) is 1.86. The van der Waals surface area contributed by atoms with E-state index >= 15 is 0 Å². The third-order valence-corrected chi connectivity index (χ3v) is 4.39. The number of nitrogens with zero attached hydrogens (tertiary/aromatic N) is 1. The Kier molecular flexibility index (Phi) is 3.42. The van der Waals surface area contributed by atoms with Crippen LogP contribution < -0.4 is 9.74 Å². The van der Waals surface area contributed by atoms with Crippen molar-refractivity contribution >= 4 is 21.0 Å². The van der Waals surface area contributed by atoms with Crippen LogP contribution in [0.2, 0.25) is 0 Å². The lowest BCUT2D eigenvalue weighted by Gasteiger charge is -2.07. The summed E-state index contributed by atoms with van der Waals surface area (Å²) in [5, 5.41) is 0.263. The Morgan fingerprint density at radius 1 is 1.09 bits per heavy atom. The molecule has 0 saturated heterocycles. The molecule has 0 aliphatic carbocycles. The van der Waals surface area contributed by atoms with Crippen LogP contribution in [-0.2, 0) is 10.1 Å².